The zero-order valence-electron chi connectivity index (χ0n) is 11.4. The highest BCUT2D eigenvalue weighted by atomic mass is 32.1. The van der Waals surface area contributed by atoms with Crippen LogP contribution in [0.4, 0.5) is 0 Å². The Kier molecular flexibility index (Phi) is 3.36. The van der Waals surface area contributed by atoms with E-state index in [0.29, 0.717) is 12.0 Å². The van der Waals surface area contributed by atoms with E-state index in [1.54, 1.807) is 11.3 Å². The molecule has 0 aliphatic carbocycles. The molecule has 96 valence electrons. The Labute approximate surface area is 108 Å². The zero-order valence-corrected chi connectivity index (χ0v) is 12.2. The number of hydrogen-bond acceptors (Lipinski definition) is 3. The molecule has 1 aliphatic heterocycles. The first-order chi connectivity index (χ1) is 7.86. The number of ether oxygens (including phenoxy) is 1. The van der Waals surface area contributed by atoms with E-state index in [1.807, 2.05) is 7.05 Å². The Morgan fingerprint density at radius 3 is 2.53 bits per heavy atom. The highest BCUT2D eigenvalue weighted by Crippen LogP contribution is 2.47. The van der Waals surface area contributed by atoms with Crippen molar-refractivity contribution in [2.45, 2.75) is 51.4 Å². The monoisotopic (exact) mass is 253 g/mol. The van der Waals surface area contributed by atoms with E-state index in [-0.39, 0.29) is 11.2 Å². The molecule has 3 heteroatoms. The van der Waals surface area contributed by atoms with Crippen molar-refractivity contribution >= 4 is 11.3 Å². The van der Waals surface area contributed by atoms with Crippen LogP contribution in [0.5, 0.6) is 0 Å². The quantitative estimate of drug-likeness (QED) is 0.888. The van der Waals surface area contributed by atoms with Gasteiger partial charge in [0, 0.05) is 12.0 Å². The number of hydrogen-bond donors (Lipinski definition) is 1. The SMILES string of the molecule is CNC(c1ccsc1)C1CC(C)(C)OC1(C)C. The van der Waals surface area contributed by atoms with Gasteiger partial charge in [0.1, 0.15) is 0 Å². The zero-order chi connectivity index (χ0) is 12.7. The molecule has 1 saturated heterocycles. The van der Waals surface area contributed by atoms with Gasteiger partial charge in [-0.2, -0.15) is 11.3 Å². The van der Waals surface area contributed by atoms with Crippen molar-refractivity contribution in [2.24, 2.45) is 5.92 Å². The van der Waals surface area contributed by atoms with Crippen LogP contribution in [0.3, 0.4) is 0 Å². The van der Waals surface area contributed by atoms with E-state index >= 15 is 0 Å². The molecule has 1 N–H and O–H groups in total. The third-order valence-electron chi connectivity index (χ3n) is 3.76. The maximum Gasteiger partial charge on any atom is 0.0681 e. The molecule has 1 aliphatic rings. The Morgan fingerprint density at radius 2 is 2.12 bits per heavy atom. The molecule has 17 heavy (non-hydrogen) atoms. The molecule has 2 atom stereocenters. The summed E-state index contributed by atoms with van der Waals surface area (Å²) in [6, 6.07) is 2.60. The van der Waals surface area contributed by atoms with Gasteiger partial charge >= 0.3 is 0 Å². The molecule has 0 bridgehead atoms. The van der Waals surface area contributed by atoms with Crippen molar-refractivity contribution in [1.82, 2.24) is 5.32 Å². The standard InChI is InChI=1S/C14H23NOS/c1-13(2)8-11(14(3,4)16-13)12(15-5)10-6-7-17-9-10/h6-7,9,11-12,15H,8H2,1-5H3. The highest BCUT2D eigenvalue weighted by Gasteiger charge is 2.49. The lowest BCUT2D eigenvalue weighted by Crippen LogP contribution is -2.37. The van der Waals surface area contributed by atoms with Crippen molar-refractivity contribution in [1.29, 1.82) is 0 Å². The normalized spacial score (nSPS) is 28.2. The second-order valence-corrected chi connectivity index (χ2v) is 6.88. The molecular weight excluding hydrogens is 230 g/mol. The van der Waals surface area contributed by atoms with E-state index in [2.05, 4.69) is 49.8 Å². The van der Waals surface area contributed by atoms with E-state index in [0.717, 1.165) is 6.42 Å². The van der Waals surface area contributed by atoms with Gasteiger partial charge in [0.2, 0.25) is 0 Å². The minimum absolute atomic E-state index is 0.0146. The Morgan fingerprint density at radius 1 is 1.41 bits per heavy atom. The lowest BCUT2D eigenvalue weighted by atomic mass is 9.79. The molecular formula is C14H23NOS. The lowest BCUT2D eigenvalue weighted by molar-refractivity contribution is -0.0776. The summed E-state index contributed by atoms with van der Waals surface area (Å²) in [6.45, 7) is 8.80. The summed E-state index contributed by atoms with van der Waals surface area (Å²) in [4.78, 5) is 0. The Bertz CT molecular complexity index is 370. The van der Waals surface area contributed by atoms with Gasteiger partial charge in [-0.1, -0.05) is 0 Å². The molecule has 0 spiro atoms. The van der Waals surface area contributed by atoms with Crippen molar-refractivity contribution in [3.63, 3.8) is 0 Å². The first-order valence-corrected chi connectivity index (χ1v) is 7.19. The average molecular weight is 253 g/mol. The molecule has 1 aromatic rings. The van der Waals surface area contributed by atoms with Gasteiger partial charge in [0.05, 0.1) is 11.2 Å². The second kappa shape index (κ2) is 4.38. The lowest BCUT2D eigenvalue weighted by Gasteiger charge is -2.32. The van der Waals surface area contributed by atoms with Crippen molar-refractivity contribution < 1.29 is 4.74 Å². The first kappa shape index (κ1) is 13.1. The van der Waals surface area contributed by atoms with Crippen LogP contribution in [0, 0.1) is 5.92 Å². The topological polar surface area (TPSA) is 21.3 Å². The summed E-state index contributed by atoms with van der Waals surface area (Å²) < 4.78 is 6.19. The number of thiophene rings is 1. The van der Waals surface area contributed by atoms with Gasteiger partial charge in [0.25, 0.3) is 0 Å². The molecule has 2 rings (SSSR count). The van der Waals surface area contributed by atoms with Gasteiger partial charge < -0.3 is 10.1 Å². The van der Waals surface area contributed by atoms with E-state index in [1.165, 1.54) is 5.56 Å². The molecule has 0 amide bonds. The van der Waals surface area contributed by atoms with Crippen LogP contribution in [0.25, 0.3) is 0 Å². The van der Waals surface area contributed by atoms with Crippen LogP contribution in [-0.2, 0) is 4.74 Å². The van der Waals surface area contributed by atoms with Crippen molar-refractivity contribution in [2.75, 3.05) is 7.05 Å². The smallest absolute Gasteiger partial charge is 0.0681 e. The maximum absolute atomic E-state index is 6.19. The van der Waals surface area contributed by atoms with E-state index in [4.69, 9.17) is 4.74 Å². The maximum atomic E-state index is 6.19. The van der Waals surface area contributed by atoms with Crippen LogP contribution >= 0.6 is 11.3 Å². The van der Waals surface area contributed by atoms with Gasteiger partial charge in [-0.25, -0.2) is 0 Å². The van der Waals surface area contributed by atoms with Gasteiger partial charge in [-0.15, -0.1) is 0 Å². The molecule has 1 fully saturated rings. The summed E-state index contributed by atoms with van der Waals surface area (Å²) in [6.07, 6.45) is 1.10. The predicted molar refractivity (Wildman–Crippen MR) is 73.5 cm³/mol. The molecule has 0 radical (unpaired) electrons. The molecule has 2 nitrogen and oxygen atoms in total. The highest BCUT2D eigenvalue weighted by molar-refractivity contribution is 7.07. The minimum atomic E-state index is -0.0703. The van der Waals surface area contributed by atoms with Crippen LogP contribution in [-0.4, -0.2) is 18.2 Å². The summed E-state index contributed by atoms with van der Waals surface area (Å²) in [7, 11) is 2.05. The van der Waals surface area contributed by atoms with E-state index < -0.39 is 0 Å². The fraction of sp³-hybridized carbons (Fsp3) is 0.714. The number of nitrogens with one attached hydrogen (secondary N) is 1. The van der Waals surface area contributed by atoms with Crippen molar-refractivity contribution in [3.8, 4) is 0 Å². The molecule has 1 aromatic heterocycles. The molecule has 2 heterocycles. The van der Waals surface area contributed by atoms with Crippen LogP contribution < -0.4 is 5.32 Å². The van der Waals surface area contributed by atoms with Gasteiger partial charge in [-0.3, -0.25) is 0 Å². The second-order valence-electron chi connectivity index (χ2n) is 6.10. The summed E-state index contributed by atoms with van der Waals surface area (Å²) in [5, 5.41) is 7.85. The first-order valence-electron chi connectivity index (χ1n) is 6.25. The largest absolute Gasteiger partial charge is 0.369 e. The Balaban J connectivity index is 2.26. The minimum Gasteiger partial charge on any atom is -0.369 e. The fourth-order valence-corrected chi connectivity index (χ4v) is 3.87. The van der Waals surface area contributed by atoms with Gasteiger partial charge in [0.15, 0.2) is 0 Å². The third-order valence-corrected chi connectivity index (χ3v) is 4.46. The number of rotatable bonds is 3. The molecule has 0 aromatic carbocycles. The summed E-state index contributed by atoms with van der Waals surface area (Å²) in [5.41, 5.74) is 1.30. The van der Waals surface area contributed by atoms with E-state index in [9.17, 15) is 0 Å². The average Bonchev–Trinajstić information content (AvgIpc) is 2.74. The molecule has 0 saturated carbocycles. The third kappa shape index (κ3) is 2.56. The summed E-state index contributed by atoms with van der Waals surface area (Å²) in [5.74, 6) is 0.511. The predicted octanol–water partition coefficient (Wildman–Crippen LogP) is 3.60. The van der Waals surface area contributed by atoms with Crippen LogP contribution in [0.1, 0.15) is 45.7 Å². The van der Waals surface area contributed by atoms with Crippen LogP contribution in [0.15, 0.2) is 16.8 Å². The fourth-order valence-electron chi connectivity index (χ4n) is 3.18. The van der Waals surface area contributed by atoms with Crippen molar-refractivity contribution in [3.05, 3.63) is 22.4 Å². The Hall–Kier alpha value is -0.380. The molecule has 2 unspecified atom stereocenters. The van der Waals surface area contributed by atoms with Gasteiger partial charge in [-0.05, 0) is 63.6 Å². The summed E-state index contributed by atoms with van der Waals surface area (Å²) >= 11 is 1.76. The van der Waals surface area contributed by atoms with Crippen LogP contribution in [0.2, 0.25) is 0 Å².